The number of hydrogen-bond acceptors (Lipinski definition) is 4. The molecule has 0 radical (unpaired) electrons. The Kier molecular flexibility index (Phi) is 6.63. The Balaban J connectivity index is 2.91. The fourth-order valence-corrected chi connectivity index (χ4v) is 2.07. The summed E-state index contributed by atoms with van der Waals surface area (Å²) in [6.45, 7) is 7.75. The third-order valence-corrected chi connectivity index (χ3v) is 2.83. The van der Waals surface area contributed by atoms with E-state index >= 15 is 0 Å². The predicted octanol–water partition coefficient (Wildman–Crippen LogP) is 2.35. The molecule has 18 heavy (non-hydrogen) atoms. The second-order valence-electron chi connectivity index (χ2n) is 3.91. The maximum absolute atomic E-state index is 6.19. The average molecular weight is 276 g/mol. The molecule has 0 amide bonds. The number of ether oxygens (including phenoxy) is 2. The maximum atomic E-state index is 6.19. The molecule has 1 aromatic rings. The van der Waals surface area contributed by atoms with Gasteiger partial charge in [-0.25, -0.2) is 0 Å². The Morgan fingerprint density at radius 3 is 2.44 bits per heavy atom. The second-order valence-corrected chi connectivity index (χ2v) is 4.31. The molecule has 0 aliphatic carbocycles. The monoisotopic (exact) mass is 275 g/mol. The summed E-state index contributed by atoms with van der Waals surface area (Å²) in [5.41, 5.74) is 6.96. The molecule has 0 spiro atoms. The van der Waals surface area contributed by atoms with Crippen LogP contribution in [0.15, 0.2) is 6.20 Å². The molecule has 0 saturated carbocycles. The van der Waals surface area contributed by atoms with Crippen molar-refractivity contribution in [2.24, 2.45) is 5.73 Å². The lowest BCUT2D eigenvalue weighted by atomic mass is 10.2. The zero-order chi connectivity index (χ0) is 13.5. The normalized spacial score (nSPS) is 13.2. The zero-order valence-corrected chi connectivity index (χ0v) is 12.0. The summed E-state index contributed by atoms with van der Waals surface area (Å²) in [5.74, 6) is 0. The van der Waals surface area contributed by atoms with Gasteiger partial charge in [-0.15, -0.1) is 0 Å². The van der Waals surface area contributed by atoms with Gasteiger partial charge < -0.3 is 15.2 Å². The van der Waals surface area contributed by atoms with Crippen molar-refractivity contribution in [2.45, 2.75) is 46.1 Å². The van der Waals surface area contributed by atoms with E-state index in [1.807, 2.05) is 18.5 Å². The number of nitrogens with zero attached hydrogens (tertiary/aromatic N) is 2. The molecule has 1 unspecified atom stereocenters. The maximum Gasteiger partial charge on any atom is 0.178 e. The molecule has 1 rings (SSSR count). The van der Waals surface area contributed by atoms with E-state index in [2.05, 4.69) is 12.0 Å². The van der Waals surface area contributed by atoms with Crippen LogP contribution in [0.5, 0.6) is 0 Å². The van der Waals surface area contributed by atoms with Crippen LogP contribution < -0.4 is 5.73 Å². The molecule has 0 aromatic carbocycles. The van der Waals surface area contributed by atoms with Crippen molar-refractivity contribution >= 4 is 11.6 Å². The Labute approximate surface area is 113 Å². The van der Waals surface area contributed by atoms with Crippen LogP contribution in [0.2, 0.25) is 5.02 Å². The summed E-state index contributed by atoms with van der Waals surface area (Å²) in [6, 6.07) is -0.438. The second kappa shape index (κ2) is 7.74. The number of nitrogens with two attached hydrogens (primary N) is 1. The van der Waals surface area contributed by atoms with E-state index < -0.39 is 12.3 Å². The van der Waals surface area contributed by atoms with Crippen molar-refractivity contribution in [1.82, 2.24) is 9.78 Å². The standard InChI is InChI=1S/C12H22ClN3O2/c1-4-7-16-11(9(13)8-15-16)10(14)12(17-5-2)18-6-3/h8,10,12H,4-7,14H2,1-3H3. The molecule has 0 aliphatic heterocycles. The molecule has 5 nitrogen and oxygen atoms in total. The number of aromatic nitrogens is 2. The highest BCUT2D eigenvalue weighted by Gasteiger charge is 2.26. The van der Waals surface area contributed by atoms with Gasteiger partial charge in [0.15, 0.2) is 6.29 Å². The summed E-state index contributed by atoms with van der Waals surface area (Å²) in [7, 11) is 0. The summed E-state index contributed by atoms with van der Waals surface area (Å²) >= 11 is 6.15. The van der Waals surface area contributed by atoms with Gasteiger partial charge >= 0.3 is 0 Å². The van der Waals surface area contributed by atoms with Crippen LogP contribution in [-0.4, -0.2) is 29.3 Å². The highest BCUT2D eigenvalue weighted by molar-refractivity contribution is 6.31. The molecule has 1 heterocycles. The fourth-order valence-electron chi connectivity index (χ4n) is 1.81. The van der Waals surface area contributed by atoms with Crippen molar-refractivity contribution in [3.05, 3.63) is 16.9 Å². The van der Waals surface area contributed by atoms with Gasteiger partial charge in [0.25, 0.3) is 0 Å². The van der Waals surface area contributed by atoms with Crippen molar-refractivity contribution in [1.29, 1.82) is 0 Å². The molecule has 104 valence electrons. The minimum absolute atomic E-state index is 0.438. The van der Waals surface area contributed by atoms with Crippen molar-refractivity contribution in [3.8, 4) is 0 Å². The SMILES string of the molecule is CCCn1ncc(Cl)c1C(N)C(OCC)OCC. The molecule has 0 fully saturated rings. The minimum atomic E-state index is -0.496. The Morgan fingerprint density at radius 1 is 1.33 bits per heavy atom. The Hall–Kier alpha value is -0.620. The Bertz CT molecular complexity index is 351. The van der Waals surface area contributed by atoms with Gasteiger partial charge in [0.05, 0.1) is 23.0 Å². The van der Waals surface area contributed by atoms with E-state index in [0.717, 1.165) is 18.7 Å². The lowest BCUT2D eigenvalue weighted by Gasteiger charge is -2.24. The van der Waals surface area contributed by atoms with Crippen molar-refractivity contribution in [2.75, 3.05) is 13.2 Å². The van der Waals surface area contributed by atoms with Gasteiger partial charge in [-0.1, -0.05) is 18.5 Å². The summed E-state index contributed by atoms with van der Waals surface area (Å²) in [6.07, 6.45) is 2.08. The molecule has 1 aromatic heterocycles. The van der Waals surface area contributed by atoms with Crippen LogP contribution in [-0.2, 0) is 16.0 Å². The van der Waals surface area contributed by atoms with Crippen LogP contribution in [0.25, 0.3) is 0 Å². The van der Waals surface area contributed by atoms with Gasteiger partial charge in [-0.05, 0) is 20.3 Å². The molecule has 1 atom stereocenters. The average Bonchev–Trinajstić information content (AvgIpc) is 2.70. The van der Waals surface area contributed by atoms with Crippen LogP contribution in [0, 0.1) is 0 Å². The number of halogens is 1. The molecule has 0 bridgehead atoms. The van der Waals surface area contributed by atoms with Crippen LogP contribution in [0.1, 0.15) is 38.9 Å². The smallest absolute Gasteiger partial charge is 0.178 e. The van der Waals surface area contributed by atoms with E-state index in [-0.39, 0.29) is 0 Å². The van der Waals surface area contributed by atoms with Gasteiger partial charge in [0.1, 0.15) is 0 Å². The molecule has 0 aliphatic rings. The van der Waals surface area contributed by atoms with E-state index in [1.165, 1.54) is 0 Å². The Morgan fingerprint density at radius 2 is 1.94 bits per heavy atom. The van der Waals surface area contributed by atoms with Crippen LogP contribution >= 0.6 is 11.6 Å². The number of aryl methyl sites for hydroxylation is 1. The van der Waals surface area contributed by atoms with Gasteiger partial charge in [0, 0.05) is 19.8 Å². The largest absolute Gasteiger partial charge is 0.351 e. The first-order valence-corrected chi connectivity index (χ1v) is 6.73. The highest BCUT2D eigenvalue weighted by Crippen LogP contribution is 2.25. The third kappa shape index (κ3) is 3.68. The van der Waals surface area contributed by atoms with Crippen molar-refractivity contribution in [3.63, 3.8) is 0 Å². The van der Waals surface area contributed by atoms with Gasteiger partial charge in [-0.3, -0.25) is 4.68 Å². The summed E-state index contributed by atoms with van der Waals surface area (Å²) in [4.78, 5) is 0. The first-order chi connectivity index (χ1) is 8.65. The lowest BCUT2D eigenvalue weighted by Crippen LogP contribution is -2.33. The van der Waals surface area contributed by atoms with E-state index in [4.69, 9.17) is 26.8 Å². The zero-order valence-electron chi connectivity index (χ0n) is 11.2. The predicted molar refractivity (Wildman–Crippen MR) is 71.5 cm³/mol. The van der Waals surface area contributed by atoms with Crippen LogP contribution in [0.3, 0.4) is 0 Å². The number of rotatable bonds is 8. The molecular formula is C12H22ClN3O2. The minimum Gasteiger partial charge on any atom is -0.351 e. The first kappa shape index (κ1) is 15.4. The molecular weight excluding hydrogens is 254 g/mol. The van der Waals surface area contributed by atoms with E-state index in [1.54, 1.807) is 6.20 Å². The quantitative estimate of drug-likeness (QED) is 0.740. The van der Waals surface area contributed by atoms with Crippen molar-refractivity contribution < 1.29 is 9.47 Å². The van der Waals surface area contributed by atoms with Crippen LogP contribution in [0.4, 0.5) is 0 Å². The number of hydrogen-bond donors (Lipinski definition) is 1. The molecule has 2 N–H and O–H groups in total. The molecule has 6 heteroatoms. The van der Waals surface area contributed by atoms with E-state index in [9.17, 15) is 0 Å². The van der Waals surface area contributed by atoms with Gasteiger partial charge in [0.2, 0.25) is 0 Å². The first-order valence-electron chi connectivity index (χ1n) is 6.35. The van der Waals surface area contributed by atoms with E-state index in [0.29, 0.717) is 18.2 Å². The fraction of sp³-hybridized carbons (Fsp3) is 0.750. The lowest BCUT2D eigenvalue weighted by molar-refractivity contribution is -0.150. The molecule has 0 saturated heterocycles. The summed E-state index contributed by atoms with van der Waals surface area (Å²) in [5, 5.41) is 4.78. The topological polar surface area (TPSA) is 62.3 Å². The highest BCUT2D eigenvalue weighted by atomic mass is 35.5. The third-order valence-electron chi connectivity index (χ3n) is 2.54. The summed E-state index contributed by atoms with van der Waals surface area (Å²) < 4.78 is 12.8. The van der Waals surface area contributed by atoms with Gasteiger partial charge in [-0.2, -0.15) is 5.10 Å².